The van der Waals surface area contributed by atoms with Crippen LogP contribution in [0.15, 0.2) is 82.6 Å². The van der Waals surface area contributed by atoms with Crippen LogP contribution in [0.3, 0.4) is 0 Å². The normalized spacial score (nSPS) is 14.4. The van der Waals surface area contributed by atoms with Crippen molar-refractivity contribution in [1.29, 1.82) is 0 Å². The first kappa shape index (κ1) is 21.9. The summed E-state index contributed by atoms with van der Waals surface area (Å²) < 4.78 is 0. The maximum Gasteiger partial charge on any atom is 0.265 e. The number of para-hydroxylation sites is 1. The van der Waals surface area contributed by atoms with E-state index >= 15 is 0 Å². The lowest BCUT2D eigenvalue weighted by molar-refractivity contribution is -0.122. The molecule has 0 spiro atoms. The number of aryl methyl sites for hydroxylation is 2. The van der Waals surface area contributed by atoms with Crippen molar-refractivity contribution in [1.82, 2.24) is 5.32 Å². The van der Waals surface area contributed by atoms with Crippen LogP contribution in [0.4, 0.5) is 5.69 Å². The molecule has 0 radical (unpaired) electrons. The van der Waals surface area contributed by atoms with Gasteiger partial charge in [0.25, 0.3) is 5.91 Å². The van der Waals surface area contributed by atoms with Crippen LogP contribution in [0, 0.1) is 13.8 Å². The van der Waals surface area contributed by atoms with Crippen molar-refractivity contribution in [3.63, 3.8) is 0 Å². The molecule has 162 valence electrons. The van der Waals surface area contributed by atoms with Gasteiger partial charge in [0.1, 0.15) is 6.54 Å². The Balaban J connectivity index is 1.47. The monoisotopic (exact) mass is 442 g/mol. The van der Waals surface area contributed by atoms with Gasteiger partial charge in [-0.25, -0.2) is 0 Å². The smallest absolute Gasteiger partial charge is 0.265 e. The molecule has 0 bridgehead atoms. The van der Waals surface area contributed by atoms with Gasteiger partial charge in [-0.2, -0.15) is 0 Å². The van der Waals surface area contributed by atoms with Gasteiger partial charge in [0.15, 0.2) is 0 Å². The van der Waals surface area contributed by atoms with E-state index in [2.05, 4.69) is 36.5 Å². The molecule has 0 saturated carbocycles. The molecule has 1 heterocycles. The highest BCUT2D eigenvalue weighted by molar-refractivity contribution is 8.04. The van der Waals surface area contributed by atoms with Gasteiger partial charge in [0.2, 0.25) is 5.91 Å². The van der Waals surface area contributed by atoms with Gasteiger partial charge < -0.3 is 5.32 Å². The summed E-state index contributed by atoms with van der Waals surface area (Å²) in [5.41, 5.74) is 5.30. The number of hydrogen-bond acceptors (Lipinski definition) is 3. The molecule has 5 heteroatoms. The van der Waals surface area contributed by atoms with Crippen molar-refractivity contribution in [2.24, 2.45) is 0 Å². The molecule has 1 N–H and O–H groups in total. The predicted molar refractivity (Wildman–Crippen MR) is 132 cm³/mol. The average Bonchev–Trinajstić information content (AvgIpc) is 2.79. The Hall–Kier alpha value is -3.31. The number of hydrogen-bond donors (Lipinski definition) is 1. The van der Waals surface area contributed by atoms with E-state index in [1.165, 1.54) is 28.5 Å². The minimum absolute atomic E-state index is 0.00442. The van der Waals surface area contributed by atoms with E-state index in [0.29, 0.717) is 11.4 Å². The van der Waals surface area contributed by atoms with Crippen molar-refractivity contribution >= 4 is 35.3 Å². The third-order valence-electron chi connectivity index (χ3n) is 5.37. The number of rotatable bonds is 6. The number of carbonyl (C=O) groups is 2. The molecule has 4 nitrogen and oxygen atoms in total. The predicted octanol–water partition coefficient (Wildman–Crippen LogP) is 5.14. The van der Waals surface area contributed by atoms with Crippen LogP contribution in [-0.2, 0) is 16.0 Å². The first-order valence-corrected chi connectivity index (χ1v) is 11.5. The van der Waals surface area contributed by atoms with E-state index in [-0.39, 0.29) is 18.4 Å². The summed E-state index contributed by atoms with van der Waals surface area (Å²) in [6.07, 6.45) is 2.65. The van der Waals surface area contributed by atoms with Gasteiger partial charge in [-0.3, -0.25) is 14.5 Å². The number of nitrogens with zero attached hydrogens (tertiary/aromatic N) is 1. The van der Waals surface area contributed by atoms with E-state index in [9.17, 15) is 9.59 Å². The number of amides is 2. The summed E-state index contributed by atoms with van der Waals surface area (Å²) in [5.74, 6) is -0.315. The molecule has 1 aliphatic heterocycles. The summed E-state index contributed by atoms with van der Waals surface area (Å²) in [6, 6.07) is 24.1. The molecular weight excluding hydrogens is 416 g/mol. The van der Waals surface area contributed by atoms with Crippen molar-refractivity contribution in [2.75, 3.05) is 18.0 Å². The Bertz CT molecular complexity index is 1150. The standard InChI is InChI=1S/C27H26N2O2S/c1-19-7-11-21(12-8-19)15-16-28-26(30)18-29-23-5-3-4-6-24(23)32-25(27(29)31)17-22-13-9-20(2)10-14-22/h3-14,17H,15-16,18H2,1-2H3,(H,28,30)/b25-17+. The minimum Gasteiger partial charge on any atom is -0.354 e. The summed E-state index contributed by atoms with van der Waals surface area (Å²) in [4.78, 5) is 29.1. The van der Waals surface area contributed by atoms with Crippen LogP contribution in [0.2, 0.25) is 0 Å². The Morgan fingerprint density at radius 2 is 1.59 bits per heavy atom. The molecule has 0 unspecified atom stereocenters. The molecule has 0 aromatic heterocycles. The lowest BCUT2D eigenvalue weighted by Gasteiger charge is -2.29. The number of anilines is 1. The average molecular weight is 443 g/mol. The zero-order valence-electron chi connectivity index (χ0n) is 18.3. The van der Waals surface area contributed by atoms with Gasteiger partial charge in [0.05, 0.1) is 10.6 Å². The summed E-state index contributed by atoms with van der Waals surface area (Å²) >= 11 is 1.45. The Kier molecular flexibility index (Phi) is 6.76. The summed E-state index contributed by atoms with van der Waals surface area (Å²) in [5, 5.41) is 2.96. The van der Waals surface area contributed by atoms with Gasteiger partial charge in [0, 0.05) is 11.4 Å². The van der Waals surface area contributed by atoms with Crippen LogP contribution >= 0.6 is 11.8 Å². The Labute approximate surface area is 193 Å². The number of carbonyl (C=O) groups excluding carboxylic acids is 2. The maximum atomic E-state index is 13.3. The maximum absolute atomic E-state index is 13.3. The van der Waals surface area contributed by atoms with Crippen LogP contribution < -0.4 is 10.2 Å². The van der Waals surface area contributed by atoms with E-state index in [1.54, 1.807) is 4.90 Å². The van der Waals surface area contributed by atoms with Gasteiger partial charge in [-0.1, -0.05) is 83.6 Å². The van der Waals surface area contributed by atoms with Crippen LogP contribution in [0.5, 0.6) is 0 Å². The van der Waals surface area contributed by atoms with Crippen molar-refractivity contribution < 1.29 is 9.59 Å². The molecule has 0 atom stereocenters. The summed E-state index contributed by atoms with van der Waals surface area (Å²) in [6.45, 7) is 4.62. The second kappa shape index (κ2) is 9.88. The van der Waals surface area contributed by atoms with Crippen molar-refractivity contribution in [3.05, 3.63) is 100.0 Å². The van der Waals surface area contributed by atoms with Crippen molar-refractivity contribution in [2.45, 2.75) is 25.2 Å². The van der Waals surface area contributed by atoms with Crippen LogP contribution in [0.25, 0.3) is 6.08 Å². The molecule has 2 amide bonds. The lowest BCUT2D eigenvalue weighted by Crippen LogP contribution is -2.43. The largest absolute Gasteiger partial charge is 0.354 e. The minimum atomic E-state index is -0.165. The third kappa shape index (κ3) is 5.29. The highest BCUT2D eigenvalue weighted by atomic mass is 32.2. The molecule has 0 fully saturated rings. The van der Waals surface area contributed by atoms with E-state index < -0.39 is 0 Å². The third-order valence-corrected chi connectivity index (χ3v) is 6.44. The van der Waals surface area contributed by atoms with Gasteiger partial charge in [-0.05, 0) is 49.6 Å². The van der Waals surface area contributed by atoms with E-state index in [0.717, 1.165) is 22.6 Å². The molecule has 0 saturated heterocycles. The second-order valence-electron chi connectivity index (χ2n) is 7.97. The fourth-order valence-electron chi connectivity index (χ4n) is 3.53. The second-order valence-corrected chi connectivity index (χ2v) is 9.05. The van der Waals surface area contributed by atoms with Crippen molar-refractivity contribution in [3.8, 4) is 0 Å². The number of benzene rings is 3. The Morgan fingerprint density at radius 3 is 2.31 bits per heavy atom. The molecule has 3 aromatic carbocycles. The molecular formula is C27H26N2O2S. The van der Waals surface area contributed by atoms with E-state index in [1.807, 2.05) is 61.5 Å². The van der Waals surface area contributed by atoms with Crippen LogP contribution in [0.1, 0.15) is 22.3 Å². The molecule has 0 aliphatic carbocycles. The molecule has 4 rings (SSSR count). The van der Waals surface area contributed by atoms with E-state index in [4.69, 9.17) is 0 Å². The number of fused-ring (bicyclic) bond motifs is 1. The molecule has 3 aromatic rings. The fraction of sp³-hybridized carbons (Fsp3) is 0.185. The first-order valence-electron chi connectivity index (χ1n) is 10.7. The van der Waals surface area contributed by atoms with Gasteiger partial charge in [-0.15, -0.1) is 0 Å². The highest BCUT2D eigenvalue weighted by Crippen LogP contribution is 2.41. The zero-order valence-corrected chi connectivity index (χ0v) is 19.1. The first-order chi connectivity index (χ1) is 15.5. The zero-order chi connectivity index (χ0) is 22.5. The SMILES string of the molecule is Cc1ccc(/C=C2/Sc3ccccc3N(CC(=O)NCCc3ccc(C)cc3)C2=O)cc1. The lowest BCUT2D eigenvalue weighted by atomic mass is 10.1. The topological polar surface area (TPSA) is 49.4 Å². The number of nitrogens with one attached hydrogen (secondary N) is 1. The molecule has 32 heavy (non-hydrogen) atoms. The summed E-state index contributed by atoms with van der Waals surface area (Å²) in [7, 11) is 0. The fourth-order valence-corrected chi connectivity index (χ4v) is 4.59. The van der Waals surface area contributed by atoms with Crippen LogP contribution in [-0.4, -0.2) is 24.9 Å². The highest BCUT2D eigenvalue weighted by Gasteiger charge is 2.30. The quantitative estimate of drug-likeness (QED) is 0.538. The molecule has 1 aliphatic rings. The number of thioether (sulfide) groups is 1. The van der Waals surface area contributed by atoms with Gasteiger partial charge >= 0.3 is 0 Å². The Morgan fingerprint density at radius 1 is 0.938 bits per heavy atom.